The zero-order chi connectivity index (χ0) is 15.6. The number of nitrogens with zero attached hydrogens (tertiary/aromatic N) is 1. The van der Waals surface area contributed by atoms with Gasteiger partial charge in [-0.15, -0.1) is 0 Å². The fourth-order valence-electron chi connectivity index (χ4n) is 3.36. The van der Waals surface area contributed by atoms with Crippen molar-refractivity contribution in [1.82, 2.24) is 0 Å². The summed E-state index contributed by atoms with van der Waals surface area (Å²) in [6, 6.07) is 4.03. The van der Waals surface area contributed by atoms with Crippen molar-refractivity contribution in [3.05, 3.63) is 42.0 Å². The van der Waals surface area contributed by atoms with Gasteiger partial charge in [-0.05, 0) is 24.3 Å². The predicted octanol–water partition coefficient (Wildman–Crippen LogP) is 2.15. The lowest BCUT2D eigenvalue weighted by atomic mass is 9.85. The lowest BCUT2D eigenvalue weighted by Crippen LogP contribution is -2.34. The maximum absolute atomic E-state index is 12.6. The standard InChI is InChI=1S/C15H10F3NO3/c16-15(17,18)7-1-3-8(4-2-7)19-13(20)11-9-5-6-10(22-9)12(11)14(19)21/h1-6,9-12H. The summed E-state index contributed by atoms with van der Waals surface area (Å²) in [7, 11) is 0. The Morgan fingerprint density at radius 2 is 1.41 bits per heavy atom. The van der Waals surface area contributed by atoms with Gasteiger partial charge in [-0.3, -0.25) is 9.59 Å². The summed E-state index contributed by atoms with van der Waals surface area (Å²) >= 11 is 0. The zero-order valence-corrected chi connectivity index (χ0v) is 11.1. The molecule has 7 heteroatoms. The summed E-state index contributed by atoms with van der Waals surface area (Å²) in [5.74, 6) is -1.95. The minimum atomic E-state index is -4.45. The molecule has 0 aliphatic carbocycles. The van der Waals surface area contributed by atoms with Crippen molar-refractivity contribution in [2.24, 2.45) is 11.8 Å². The number of alkyl halides is 3. The Balaban J connectivity index is 1.67. The van der Waals surface area contributed by atoms with Gasteiger partial charge in [0, 0.05) is 0 Å². The third-order valence-corrected chi connectivity index (χ3v) is 4.36. The molecule has 2 fully saturated rings. The number of carbonyl (C=O) groups is 2. The fraction of sp³-hybridized carbons (Fsp3) is 0.333. The van der Waals surface area contributed by atoms with Gasteiger partial charge in [0.2, 0.25) is 11.8 Å². The number of rotatable bonds is 1. The van der Waals surface area contributed by atoms with E-state index in [1.165, 1.54) is 0 Å². The van der Waals surface area contributed by atoms with E-state index < -0.39 is 47.6 Å². The highest BCUT2D eigenvalue weighted by Gasteiger charge is 2.61. The van der Waals surface area contributed by atoms with Crippen LogP contribution in [-0.2, 0) is 20.5 Å². The first-order chi connectivity index (χ1) is 10.4. The molecule has 114 valence electrons. The van der Waals surface area contributed by atoms with Gasteiger partial charge in [-0.2, -0.15) is 13.2 Å². The number of fused-ring (bicyclic) bond motifs is 5. The molecule has 4 rings (SSSR count). The summed E-state index contributed by atoms with van der Waals surface area (Å²) in [4.78, 5) is 25.9. The monoisotopic (exact) mass is 309 g/mol. The number of ether oxygens (including phenoxy) is 1. The number of carbonyl (C=O) groups excluding carboxylic acids is 2. The predicted molar refractivity (Wildman–Crippen MR) is 68.7 cm³/mol. The lowest BCUT2D eigenvalue weighted by molar-refractivity contribution is -0.137. The van der Waals surface area contributed by atoms with E-state index >= 15 is 0 Å². The highest BCUT2D eigenvalue weighted by Crippen LogP contribution is 2.46. The molecule has 0 N–H and O–H groups in total. The van der Waals surface area contributed by atoms with Crippen LogP contribution in [0.25, 0.3) is 0 Å². The van der Waals surface area contributed by atoms with Crippen LogP contribution in [0.5, 0.6) is 0 Å². The number of imide groups is 1. The first-order valence-corrected chi connectivity index (χ1v) is 6.77. The van der Waals surface area contributed by atoms with Crippen LogP contribution in [0.15, 0.2) is 36.4 Å². The summed E-state index contributed by atoms with van der Waals surface area (Å²) < 4.78 is 43.2. The molecule has 4 atom stereocenters. The van der Waals surface area contributed by atoms with E-state index in [1.807, 2.05) is 0 Å². The van der Waals surface area contributed by atoms with Gasteiger partial charge in [-0.25, -0.2) is 4.90 Å². The molecule has 1 aromatic carbocycles. The molecule has 0 aromatic heterocycles. The molecule has 3 heterocycles. The third-order valence-electron chi connectivity index (χ3n) is 4.36. The van der Waals surface area contributed by atoms with Crippen molar-refractivity contribution < 1.29 is 27.5 Å². The number of benzene rings is 1. The average Bonchev–Trinajstić information content (AvgIpc) is 3.12. The third kappa shape index (κ3) is 1.68. The first kappa shape index (κ1) is 13.5. The molecule has 0 spiro atoms. The zero-order valence-electron chi connectivity index (χ0n) is 11.1. The lowest BCUT2D eigenvalue weighted by Gasteiger charge is -2.18. The Bertz CT molecular complexity index is 665. The van der Waals surface area contributed by atoms with Gasteiger partial charge < -0.3 is 4.74 Å². The largest absolute Gasteiger partial charge is 0.416 e. The van der Waals surface area contributed by atoms with E-state index in [1.54, 1.807) is 12.2 Å². The molecule has 1 aromatic rings. The van der Waals surface area contributed by atoms with Crippen molar-refractivity contribution in [1.29, 1.82) is 0 Å². The van der Waals surface area contributed by atoms with Gasteiger partial charge >= 0.3 is 6.18 Å². The minimum absolute atomic E-state index is 0.164. The number of halogens is 3. The summed E-state index contributed by atoms with van der Waals surface area (Å²) in [5, 5.41) is 0. The maximum Gasteiger partial charge on any atom is 0.416 e. The molecule has 4 unspecified atom stereocenters. The van der Waals surface area contributed by atoms with Gasteiger partial charge in [0.1, 0.15) is 0 Å². The van der Waals surface area contributed by atoms with Crippen LogP contribution in [0, 0.1) is 11.8 Å². The molecule has 2 amide bonds. The summed E-state index contributed by atoms with van der Waals surface area (Å²) in [6.07, 6.45) is -1.76. The molecule has 2 saturated heterocycles. The quantitative estimate of drug-likeness (QED) is 0.590. The Hall–Kier alpha value is -2.15. The van der Waals surface area contributed by atoms with Crippen LogP contribution in [0.3, 0.4) is 0 Å². The van der Waals surface area contributed by atoms with Crippen LogP contribution in [0.4, 0.5) is 18.9 Å². The highest BCUT2D eigenvalue weighted by atomic mass is 19.4. The SMILES string of the molecule is O=C1C2C3C=CC(O3)C2C(=O)N1c1ccc(C(F)(F)F)cc1. The second-order valence-corrected chi connectivity index (χ2v) is 5.56. The smallest absolute Gasteiger partial charge is 0.365 e. The van der Waals surface area contributed by atoms with E-state index in [0.29, 0.717) is 0 Å². The van der Waals surface area contributed by atoms with Crippen molar-refractivity contribution in [3.63, 3.8) is 0 Å². The molecule has 2 bridgehead atoms. The topological polar surface area (TPSA) is 46.6 Å². The van der Waals surface area contributed by atoms with Crippen LogP contribution in [-0.4, -0.2) is 24.0 Å². The van der Waals surface area contributed by atoms with Crippen molar-refractivity contribution in [3.8, 4) is 0 Å². The molecular weight excluding hydrogens is 299 g/mol. The molecule has 4 nitrogen and oxygen atoms in total. The van der Waals surface area contributed by atoms with E-state index in [0.717, 1.165) is 29.2 Å². The minimum Gasteiger partial charge on any atom is -0.365 e. The van der Waals surface area contributed by atoms with Gasteiger partial charge in [0.25, 0.3) is 0 Å². The van der Waals surface area contributed by atoms with Gasteiger partial charge in [0.15, 0.2) is 0 Å². The molecule has 3 aliphatic rings. The normalized spacial score (nSPS) is 33.0. The van der Waals surface area contributed by atoms with E-state index in [2.05, 4.69) is 0 Å². The Morgan fingerprint density at radius 3 is 1.86 bits per heavy atom. The molecule has 3 aliphatic heterocycles. The van der Waals surface area contributed by atoms with Crippen molar-refractivity contribution in [2.75, 3.05) is 4.90 Å². The molecule has 0 saturated carbocycles. The fourth-order valence-corrected chi connectivity index (χ4v) is 3.36. The number of hydrogen-bond acceptors (Lipinski definition) is 3. The molecule has 22 heavy (non-hydrogen) atoms. The highest BCUT2D eigenvalue weighted by molar-refractivity contribution is 6.23. The van der Waals surface area contributed by atoms with E-state index in [9.17, 15) is 22.8 Å². The second kappa shape index (κ2) is 4.19. The van der Waals surface area contributed by atoms with Crippen LogP contribution in [0.1, 0.15) is 5.56 Å². The average molecular weight is 309 g/mol. The van der Waals surface area contributed by atoms with Crippen molar-refractivity contribution in [2.45, 2.75) is 18.4 Å². The molecule has 0 radical (unpaired) electrons. The molecular formula is C15H10F3NO3. The number of anilines is 1. The Kier molecular flexibility index (Phi) is 2.57. The number of amides is 2. The number of hydrogen-bond donors (Lipinski definition) is 0. The van der Waals surface area contributed by atoms with Gasteiger partial charge in [0.05, 0.1) is 35.3 Å². The maximum atomic E-state index is 12.6. The van der Waals surface area contributed by atoms with Crippen LogP contribution in [0.2, 0.25) is 0 Å². The Morgan fingerprint density at radius 1 is 0.909 bits per heavy atom. The first-order valence-electron chi connectivity index (χ1n) is 6.77. The summed E-state index contributed by atoms with van der Waals surface area (Å²) in [6.45, 7) is 0. The van der Waals surface area contributed by atoms with Crippen molar-refractivity contribution >= 4 is 17.5 Å². The van der Waals surface area contributed by atoms with Gasteiger partial charge in [-0.1, -0.05) is 12.2 Å². The van der Waals surface area contributed by atoms with E-state index in [4.69, 9.17) is 4.74 Å². The summed E-state index contributed by atoms with van der Waals surface area (Å²) in [5.41, 5.74) is -0.655. The van der Waals surface area contributed by atoms with Crippen LogP contribution < -0.4 is 4.90 Å². The second-order valence-electron chi connectivity index (χ2n) is 5.56. The van der Waals surface area contributed by atoms with E-state index in [-0.39, 0.29) is 5.69 Å². The van der Waals surface area contributed by atoms with Crippen LogP contribution >= 0.6 is 0 Å². The Labute approximate surface area is 123 Å².